The summed E-state index contributed by atoms with van der Waals surface area (Å²) in [6.45, 7) is 3.77. The molecule has 3 N–H and O–H groups in total. The number of fused-ring (bicyclic) bond motifs is 1. The topological polar surface area (TPSA) is 70.2 Å². The summed E-state index contributed by atoms with van der Waals surface area (Å²) in [6, 6.07) is 14.6. The number of para-hydroxylation sites is 2. The van der Waals surface area contributed by atoms with Crippen LogP contribution in [0.2, 0.25) is 0 Å². The summed E-state index contributed by atoms with van der Waals surface area (Å²) >= 11 is 1.53. The number of thiophene rings is 1. The van der Waals surface area contributed by atoms with Crippen molar-refractivity contribution >= 4 is 44.7 Å². The molecule has 5 nitrogen and oxygen atoms in total. The van der Waals surface area contributed by atoms with Crippen molar-refractivity contribution in [1.82, 2.24) is 5.32 Å². The molecule has 0 bridgehead atoms. The third-order valence-electron chi connectivity index (χ3n) is 3.57. The van der Waals surface area contributed by atoms with Crippen molar-refractivity contribution in [3.8, 4) is 0 Å². The first-order chi connectivity index (χ1) is 12.0. The fourth-order valence-electron chi connectivity index (χ4n) is 2.46. The molecule has 3 rings (SSSR count). The first-order valence-electron chi connectivity index (χ1n) is 7.98. The van der Waals surface area contributed by atoms with E-state index in [2.05, 4.69) is 16.0 Å². The van der Waals surface area contributed by atoms with E-state index in [0.29, 0.717) is 16.9 Å². The molecule has 3 amide bonds. The van der Waals surface area contributed by atoms with Gasteiger partial charge in [0.2, 0.25) is 0 Å². The molecule has 0 fully saturated rings. The lowest BCUT2D eigenvalue weighted by molar-refractivity contribution is 0.102. The summed E-state index contributed by atoms with van der Waals surface area (Å²) in [5, 5.41) is 11.2. The van der Waals surface area contributed by atoms with Crippen LogP contribution in [0, 0.1) is 0 Å². The number of benzene rings is 2. The van der Waals surface area contributed by atoms with Crippen LogP contribution in [0.15, 0.2) is 53.9 Å². The average Bonchev–Trinajstić information content (AvgIpc) is 3.00. The van der Waals surface area contributed by atoms with Crippen molar-refractivity contribution in [2.75, 3.05) is 10.6 Å². The van der Waals surface area contributed by atoms with E-state index in [-0.39, 0.29) is 18.0 Å². The van der Waals surface area contributed by atoms with Crippen molar-refractivity contribution in [3.05, 3.63) is 59.5 Å². The fourth-order valence-corrected chi connectivity index (χ4v) is 3.41. The van der Waals surface area contributed by atoms with Crippen LogP contribution in [0.25, 0.3) is 10.1 Å². The second-order valence-electron chi connectivity index (χ2n) is 5.90. The molecule has 0 aliphatic carbocycles. The summed E-state index contributed by atoms with van der Waals surface area (Å²) in [6.07, 6.45) is 0. The zero-order valence-electron chi connectivity index (χ0n) is 14.0. The van der Waals surface area contributed by atoms with E-state index in [1.807, 2.05) is 49.6 Å². The van der Waals surface area contributed by atoms with Crippen molar-refractivity contribution in [3.63, 3.8) is 0 Å². The molecule has 0 unspecified atom stereocenters. The smallest absolute Gasteiger partial charge is 0.319 e. The Hall–Kier alpha value is -2.86. The normalized spacial score (nSPS) is 10.7. The van der Waals surface area contributed by atoms with E-state index >= 15 is 0 Å². The Labute approximate surface area is 150 Å². The van der Waals surface area contributed by atoms with Gasteiger partial charge in [0.05, 0.1) is 16.9 Å². The lowest BCUT2D eigenvalue weighted by Crippen LogP contribution is -2.34. The zero-order chi connectivity index (χ0) is 17.8. The Kier molecular flexibility index (Phi) is 5.00. The number of carbonyl (C=O) groups excluding carboxylic acids is 2. The van der Waals surface area contributed by atoms with Gasteiger partial charge in [-0.2, -0.15) is 0 Å². The molecule has 2 aromatic carbocycles. The minimum absolute atomic E-state index is 0.0268. The zero-order valence-corrected chi connectivity index (χ0v) is 14.8. The van der Waals surface area contributed by atoms with Gasteiger partial charge >= 0.3 is 6.03 Å². The summed E-state index contributed by atoms with van der Waals surface area (Å²) in [4.78, 5) is 24.6. The van der Waals surface area contributed by atoms with Crippen LogP contribution >= 0.6 is 11.3 Å². The van der Waals surface area contributed by atoms with Gasteiger partial charge in [0.15, 0.2) is 0 Å². The fraction of sp³-hybridized carbons (Fsp3) is 0.158. The molecule has 0 aliphatic rings. The van der Waals surface area contributed by atoms with Crippen LogP contribution in [-0.4, -0.2) is 18.0 Å². The maximum Gasteiger partial charge on any atom is 0.319 e. The van der Waals surface area contributed by atoms with Crippen LogP contribution in [0.4, 0.5) is 16.2 Å². The number of carbonyl (C=O) groups is 2. The van der Waals surface area contributed by atoms with Crippen LogP contribution in [0.3, 0.4) is 0 Å². The lowest BCUT2D eigenvalue weighted by Gasteiger charge is -2.14. The lowest BCUT2D eigenvalue weighted by atomic mass is 10.1. The van der Waals surface area contributed by atoms with Crippen molar-refractivity contribution < 1.29 is 9.59 Å². The number of amides is 3. The SMILES string of the molecule is CC(C)NC(=O)Nc1ccccc1NC(=O)c1csc2ccccc12. The molecule has 128 valence electrons. The Morgan fingerprint density at radius 3 is 2.28 bits per heavy atom. The van der Waals surface area contributed by atoms with Gasteiger partial charge in [0.25, 0.3) is 5.91 Å². The first-order valence-corrected chi connectivity index (χ1v) is 8.86. The summed E-state index contributed by atoms with van der Waals surface area (Å²) in [5.41, 5.74) is 1.73. The van der Waals surface area contributed by atoms with E-state index in [1.54, 1.807) is 18.2 Å². The van der Waals surface area contributed by atoms with E-state index in [4.69, 9.17) is 0 Å². The second kappa shape index (κ2) is 7.36. The minimum Gasteiger partial charge on any atom is -0.336 e. The Bertz CT molecular complexity index is 918. The number of rotatable bonds is 4. The van der Waals surface area contributed by atoms with Crippen LogP contribution < -0.4 is 16.0 Å². The van der Waals surface area contributed by atoms with E-state index < -0.39 is 0 Å². The predicted molar refractivity (Wildman–Crippen MR) is 104 cm³/mol. The molecule has 25 heavy (non-hydrogen) atoms. The van der Waals surface area contributed by atoms with E-state index in [1.165, 1.54) is 11.3 Å². The van der Waals surface area contributed by atoms with Gasteiger partial charge in [-0.25, -0.2) is 4.79 Å². The highest BCUT2D eigenvalue weighted by Crippen LogP contribution is 2.28. The standard InChI is InChI=1S/C19H19N3O2S/c1-12(2)20-19(24)22-16-9-5-4-8-15(16)21-18(23)14-11-25-17-10-6-3-7-13(14)17/h3-12H,1-2H3,(H,21,23)(H2,20,22,24). The maximum absolute atomic E-state index is 12.7. The number of urea groups is 1. The molecule has 1 aromatic heterocycles. The molecular formula is C19H19N3O2S. The van der Waals surface area contributed by atoms with Gasteiger partial charge in [-0.05, 0) is 32.0 Å². The molecule has 3 aromatic rings. The first kappa shape index (κ1) is 17.0. The summed E-state index contributed by atoms with van der Waals surface area (Å²) in [7, 11) is 0. The number of hydrogen-bond donors (Lipinski definition) is 3. The molecular weight excluding hydrogens is 334 g/mol. The van der Waals surface area contributed by atoms with Gasteiger partial charge in [0, 0.05) is 21.5 Å². The van der Waals surface area contributed by atoms with Crippen molar-refractivity contribution in [2.24, 2.45) is 0 Å². The highest BCUT2D eigenvalue weighted by Gasteiger charge is 2.14. The molecule has 0 radical (unpaired) electrons. The van der Waals surface area contributed by atoms with Crippen molar-refractivity contribution in [2.45, 2.75) is 19.9 Å². The van der Waals surface area contributed by atoms with Gasteiger partial charge in [-0.1, -0.05) is 30.3 Å². The van der Waals surface area contributed by atoms with Gasteiger partial charge in [-0.3, -0.25) is 4.79 Å². The molecule has 6 heteroatoms. The Morgan fingerprint density at radius 2 is 1.56 bits per heavy atom. The van der Waals surface area contributed by atoms with Crippen LogP contribution in [0.1, 0.15) is 24.2 Å². The van der Waals surface area contributed by atoms with Crippen LogP contribution in [0.5, 0.6) is 0 Å². The second-order valence-corrected chi connectivity index (χ2v) is 6.81. The van der Waals surface area contributed by atoms with Gasteiger partial charge in [0.1, 0.15) is 0 Å². The molecule has 0 spiro atoms. The molecule has 1 heterocycles. The monoisotopic (exact) mass is 353 g/mol. The summed E-state index contributed by atoms with van der Waals surface area (Å²) < 4.78 is 1.07. The largest absolute Gasteiger partial charge is 0.336 e. The molecule has 0 aliphatic heterocycles. The Morgan fingerprint density at radius 1 is 0.920 bits per heavy atom. The van der Waals surface area contributed by atoms with Gasteiger partial charge in [-0.15, -0.1) is 11.3 Å². The quantitative estimate of drug-likeness (QED) is 0.637. The third-order valence-corrected chi connectivity index (χ3v) is 4.53. The highest BCUT2D eigenvalue weighted by molar-refractivity contribution is 7.17. The minimum atomic E-state index is -0.308. The number of anilines is 2. The van der Waals surface area contributed by atoms with Gasteiger partial charge < -0.3 is 16.0 Å². The highest BCUT2D eigenvalue weighted by atomic mass is 32.1. The average molecular weight is 353 g/mol. The summed E-state index contributed by atoms with van der Waals surface area (Å²) in [5.74, 6) is -0.198. The molecule has 0 saturated carbocycles. The van der Waals surface area contributed by atoms with E-state index in [0.717, 1.165) is 10.1 Å². The van der Waals surface area contributed by atoms with E-state index in [9.17, 15) is 9.59 Å². The van der Waals surface area contributed by atoms with Crippen molar-refractivity contribution in [1.29, 1.82) is 0 Å². The Balaban J connectivity index is 1.81. The third kappa shape index (κ3) is 3.97. The predicted octanol–water partition coefficient (Wildman–Crippen LogP) is 4.68. The van der Waals surface area contributed by atoms with Crippen LogP contribution in [-0.2, 0) is 0 Å². The maximum atomic E-state index is 12.7. The number of nitrogens with one attached hydrogen (secondary N) is 3. The molecule has 0 saturated heterocycles. The number of hydrogen-bond acceptors (Lipinski definition) is 3. The molecule has 0 atom stereocenters.